The van der Waals surface area contributed by atoms with Crippen LogP contribution in [0.2, 0.25) is 0 Å². The highest BCUT2D eigenvalue weighted by Gasteiger charge is 2.14. The van der Waals surface area contributed by atoms with Gasteiger partial charge in [0.25, 0.3) is 15.9 Å². The standard InChI is InChI=1S/C21H18BrFN2O4S/c1-14-12-18(8-11-20(14)22)29-13-21(26)24-16-6-9-19(10-7-16)30(27,28)25-17-4-2-15(23)3-5-17/h2-12,25H,13H2,1H3,(H,24,26). The van der Waals surface area contributed by atoms with Gasteiger partial charge >= 0.3 is 0 Å². The van der Waals surface area contributed by atoms with Crippen molar-refractivity contribution in [2.24, 2.45) is 0 Å². The zero-order chi connectivity index (χ0) is 21.7. The Morgan fingerprint density at radius 2 is 1.63 bits per heavy atom. The molecule has 0 heterocycles. The first-order valence-corrected chi connectivity index (χ1v) is 11.1. The van der Waals surface area contributed by atoms with Crippen LogP contribution in [-0.2, 0) is 14.8 Å². The monoisotopic (exact) mass is 492 g/mol. The lowest BCUT2D eigenvalue weighted by Crippen LogP contribution is -2.20. The molecule has 0 aliphatic carbocycles. The van der Waals surface area contributed by atoms with E-state index in [0.29, 0.717) is 11.4 Å². The summed E-state index contributed by atoms with van der Waals surface area (Å²) in [6.07, 6.45) is 0. The van der Waals surface area contributed by atoms with Crippen LogP contribution in [0.3, 0.4) is 0 Å². The van der Waals surface area contributed by atoms with Crippen molar-refractivity contribution in [3.8, 4) is 5.75 Å². The van der Waals surface area contributed by atoms with E-state index < -0.39 is 15.8 Å². The second kappa shape index (κ2) is 9.27. The largest absolute Gasteiger partial charge is 0.484 e. The molecule has 6 nitrogen and oxygen atoms in total. The summed E-state index contributed by atoms with van der Waals surface area (Å²) in [5.74, 6) is -0.271. The first kappa shape index (κ1) is 21.8. The van der Waals surface area contributed by atoms with Crippen molar-refractivity contribution in [3.63, 3.8) is 0 Å². The van der Waals surface area contributed by atoms with Crippen LogP contribution in [0.25, 0.3) is 0 Å². The average molecular weight is 493 g/mol. The molecule has 0 unspecified atom stereocenters. The third kappa shape index (κ3) is 5.80. The molecule has 9 heteroatoms. The molecule has 3 aromatic carbocycles. The lowest BCUT2D eigenvalue weighted by molar-refractivity contribution is -0.118. The Labute approximate surface area is 182 Å². The van der Waals surface area contributed by atoms with Crippen LogP contribution >= 0.6 is 15.9 Å². The highest BCUT2D eigenvalue weighted by Crippen LogP contribution is 2.22. The number of carbonyl (C=O) groups excluding carboxylic acids is 1. The normalized spacial score (nSPS) is 11.0. The number of ether oxygens (including phenoxy) is 1. The summed E-state index contributed by atoms with van der Waals surface area (Å²) in [5, 5.41) is 2.64. The van der Waals surface area contributed by atoms with E-state index in [2.05, 4.69) is 26.0 Å². The fourth-order valence-corrected chi connectivity index (χ4v) is 3.81. The molecule has 0 saturated heterocycles. The summed E-state index contributed by atoms with van der Waals surface area (Å²) in [5.41, 5.74) is 1.66. The van der Waals surface area contributed by atoms with Gasteiger partial charge in [-0.15, -0.1) is 0 Å². The number of rotatable bonds is 7. The number of anilines is 2. The number of carbonyl (C=O) groups is 1. The first-order chi connectivity index (χ1) is 14.2. The van der Waals surface area contributed by atoms with Crippen LogP contribution in [0.4, 0.5) is 15.8 Å². The van der Waals surface area contributed by atoms with Crippen LogP contribution in [0.5, 0.6) is 5.75 Å². The van der Waals surface area contributed by atoms with E-state index in [9.17, 15) is 17.6 Å². The number of hydrogen-bond acceptors (Lipinski definition) is 4. The average Bonchev–Trinajstić information content (AvgIpc) is 2.71. The Morgan fingerprint density at radius 3 is 2.27 bits per heavy atom. The van der Waals surface area contributed by atoms with Crippen molar-refractivity contribution in [2.45, 2.75) is 11.8 Å². The summed E-state index contributed by atoms with van der Waals surface area (Å²) in [6, 6.07) is 16.0. The summed E-state index contributed by atoms with van der Waals surface area (Å²) < 4.78 is 46.6. The van der Waals surface area contributed by atoms with Crippen LogP contribution < -0.4 is 14.8 Å². The minimum absolute atomic E-state index is 0.00594. The molecule has 0 aromatic heterocycles. The molecule has 3 rings (SSSR count). The van der Waals surface area contributed by atoms with Crippen molar-refractivity contribution in [3.05, 3.63) is 82.6 Å². The second-order valence-electron chi connectivity index (χ2n) is 6.38. The van der Waals surface area contributed by atoms with Crippen molar-refractivity contribution in [1.29, 1.82) is 0 Å². The molecule has 0 fully saturated rings. The molecule has 0 atom stereocenters. The Bertz CT molecular complexity index is 1150. The van der Waals surface area contributed by atoms with Crippen molar-refractivity contribution >= 4 is 43.2 Å². The highest BCUT2D eigenvalue weighted by atomic mass is 79.9. The van der Waals surface area contributed by atoms with Gasteiger partial charge in [0.15, 0.2) is 6.61 Å². The summed E-state index contributed by atoms with van der Waals surface area (Å²) >= 11 is 3.40. The molecule has 30 heavy (non-hydrogen) atoms. The third-order valence-electron chi connectivity index (χ3n) is 4.04. The molecule has 0 spiro atoms. The number of amides is 1. The zero-order valence-electron chi connectivity index (χ0n) is 15.9. The zero-order valence-corrected chi connectivity index (χ0v) is 18.3. The van der Waals surface area contributed by atoms with Gasteiger partial charge in [-0.1, -0.05) is 15.9 Å². The maximum absolute atomic E-state index is 13.0. The van der Waals surface area contributed by atoms with Crippen molar-refractivity contribution < 1.29 is 22.3 Å². The Morgan fingerprint density at radius 1 is 1.00 bits per heavy atom. The summed E-state index contributed by atoms with van der Waals surface area (Å²) in [6.45, 7) is 1.73. The van der Waals surface area contributed by atoms with Crippen LogP contribution in [0, 0.1) is 12.7 Å². The summed E-state index contributed by atoms with van der Waals surface area (Å²) in [7, 11) is -3.84. The molecule has 156 valence electrons. The molecule has 3 aromatic rings. The number of nitrogens with one attached hydrogen (secondary N) is 2. The molecule has 0 aliphatic rings. The van der Waals surface area contributed by atoms with E-state index in [1.807, 2.05) is 19.1 Å². The number of hydrogen-bond donors (Lipinski definition) is 2. The Kier molecular flexibility index (Phi) is 6.73. The van der Waals surface area contributed by atoms with Crippen molar-refractivity contribution in [2.75, 3.05) is 16.6 Å². The minimum atomic E-state index is -3.84. The van der Waals surface area contributed by atoms with Gasteiger partial charge in [-0.25, -0.2) is 12.8 Å². The molecule has 0 aliphatic heterocycles. The first-order valence-electron chi connectivity index (χ1n) is 8.80. The number of sulfonamides is 1. The molecular weight excluding hydrogens is 475 g/mol. The SMILES string of the molecule is Cc1cc(OCC(=O)Nc2ccc(S(=O)(=O)Nc3ccc(F)cc3)cc2)ccc1Br. The smallest absolute Gasteiger partial charge is 0.262 e. The van der Waals surface area contributed by atoms with Gasteiger partial charge in [0.05, 0.1) is 4.90 Å². The van der Waals surface area contributed by atoms with Gasteiger partial charge < -0.3 is 10.1 Å². The Hall–Kier alpha value is -2.91. The fourth-order valence-electron chi connectivity index (χ4n) is 2.50. The second-order valence-corrected chi connectivity index (χ2v) is 8.92. The van der Waals surface area contributed by atoms with Crippen LogP contribution in [0.15, 0.2) is 76.1 Å². The van der Waals surface area contributed by atoms with E-state index in [-0.39, 0.29) is 23.1 Å². The molecule has 0 bridgehead atoms. The number of benzene rings is 3. The Balaban J connectivity index is 1.58. The lowest BCUT2D eigenvalue weighted by atomic mass is 10.2. The third-order valence-corrected chi connectivity index (χ3v) is 6.33. The maximum Gasteiger partial charge on any atom is 0.262 e. The molecule has 0 saturated carbocycles. The van der Waals surface area contributed by atoms with E-state index in [4.69, 9.17) is 4.74 Å². The fraction of sp³-hybridized carbons (Fsp3) is 0.0952. The van der Waals surface area contributed by atoms with Crippen molar-refractivity contribution in [1.82, 2.24) is 0 Å². The van der Waals surface area contributed by atoms with Gasteiger partial charge in [0, 0.05) is 15.8 Å². The van der Waals surface area contributed by atoms with E-state index >= 15 is 0 Å². The predicted molar refractivity (Wildman–Crippen MR) is 117 cm³/mol. The predicted octanol–water partition coefficient (Wildman–Crippen LogP) is 4.71. The quantitative estimate of drug-likeness (QED) is 0.499. The molecule has 2 N–H and O–H groups in total. The van der Waals surface area contributed by atoms with Gasteiger partial charge in [-0.05, 0) is 79.2 Å². The minimum Gasteiger partial charge on any atom is -0.484 e. The molecule has 1 amide bonds. The van der Waals surface area contributed by atoms with E-state index in [0.717, 1.165) is 22.2 Å². The topological polar surface area (TPSA) is 84.5 Å². The van der Waals surface area contributed by atoms with Gasteiger partial charge in [-0.2, -0.15) is 0 Å². The van der Waals surface area contributed by atoms with Gasteiger partial charge in [0.1, 0.15) is 11.6 Å². The lowest BCUT2D eigenvalue weighted by Gasteiger charge is -2.10. The summed E-state index contributed by atoms with van der Waals surface area (Å²) in [4.78, 5) is 12.1. The van der Waals surface area contributed by atoms with E-state index in [1.165, 1.54) is 36.4 Å². The van der Waals surface area contributed by atoms with Gasteiger partial charge in [0.2, 0.25) is 0 Å². The van der Waals surface area contributed by atoms with Gasteiger partial charge in [-0.3, -0.25) is 9.52 Å². The highest BCUT2D eigenvalue weighted by molar-refractivity contribution is 9.10. The number of halogens is 2. The number of aryl methyl sites for hydroxylation is 1. The molecular formula is C21H18BrFN2O4S. The van der Waals surface area contributed by atoms with E-state index in [1.54, 1.807) is 6.07 Å². The van der Waals surface area contributed by atoms with Crippen LogP contribution in [-0.4, -0.2) is 20.9 Å². The molecule has 0 radical (unpaired) electrons. The van der Waals surface area contributed by atoms with Crippen LogP contribution in [0.1, 0.15) is 5.56 Å². The maximum atomic E-state index is 13.0.